The number of aliphatic carboxylic acids is 1. The second-order valence-corrected chi connectivity index (χ2v) is 3.81. The summed E-state index contributed by atoms with van der Waals surface area (Å²) in [5.41, 5.74) is -2.99. The van der Waals surface area contributed by atoms with Crippen LogP contribution in [0.25, 0.3) is 0 Å². The summed E-state index contributed by atoms with van der Waals surface area (Å²) in [6.07, 6.45) is -2.82. The normalized spacial score (nSPS) is 26.7. The number of carboxylic acids is 1. The third-order valence-corrected chi connectivity index (χ3v) is 1.86. The smallest absolute Gasteiger partial charge is 0.303 e. The van der Waals surface area contributed by atoms with Crippen LogP contribution in [0, 0.1) is 10.8 Å². The molecule has 1 unspecified atom stereocenters. The van der Waals surface area contributed by atoms with Crippen molar-refractivity contribution in [3.05, 3.63) is 0 Å². The Hall–Kier alpha value is -0.530. The fraction of sp³-hybridized carbons (Fsp3) is 0.889. The Bertz CT molecular complexity index is 273. The first-order valence-corrected chi connectivity index (χ1v) is 3.43. The maximum absolute atomic E-state index is 10.9. The Kier molecular flexibility index (Phi) is 1.16. The highest BCUT2D eigenvalue weighted by Crippen LogP contribution is 2.40. The van der Waals surface area contributed by atoms with Crippen LogP contribution in [-0.2, 0) is 4.79 Å². The van der Waals surface area contributed by atoms with Crippen molar-refractivity contribution in [1.29, 1.82) is 0 Å². The van der Waals surface area contributed by atoms with Crippen LogP contribution in [0.4, 0.5) is 0 Å². The van der Waals surface area contributed by atoms with Crippen molar-refractivity contribution < 1.29 is 16.8 Å². The molecule has 0 radical (unpaired) electrons. The second-order valence-electron chi connectivity index (χ2n) is 3.81. The summed E-state index contributed by atoms with van der Waals surface area (Å²) in [6, 6.07) is 0. The molecule has 0 fully saturated rings. The predicted octanol–water partition coefficient (Wildman–Crippen LogP) is 2.53. The minimum atomic E-state index is -2.82. The van der Waals surface area contributed by atoms with Crippen molar-refractivity contribution in [1.82, 2.24) is 0 Å². The molecular formula is C9H18O2. The van der Waals surface area contributed by atoms with Gasteiger partial charge in [-0.25, -0.2) is 0 Å². The molecule has 0 spiro atoms. The summed E-state index contributed by atoms with van der Waals surface area (Å²) in [4.78, 5) is 10.9. The van der Waals surface area contributed by atoms with Gasteiger partial charge in [-0.15, -0.1) is 0 Å². The Labute approximate surface area is 75.6 Å². The topological polar surface area (TPSA) is 37.3 Å². The van der Waals surface area contributed by atoms with Crippen LogP contribution < -0.4 is 0 Å². The van der Waals surface area contributed by atoms with E-state index in [1.807, 2.05) is 0 Å². The summed E-state index contributed by atoms with van der Waals surface area (Å²) < 4.78 is 37.4. The predicted molar refractivity (Wildman–Crippen MR) is 45.5 cm³/mol. The number of carboxylic acid groups (broad SMARTS) is 1. The van der Waals surface area contributed by atoms with E-state index in [0.29, 0.717) is 0 Å². The molecule has 0 heterocycles. The maximum Gasteiger partial charge on any atom is 0.303 e. The Morgan fingerprint density at radius 1 is 1.55 bits per heavy atom. The molecule has 2 nitrogen and oxygen atoms in total. The zero-order valence-electron chi connectivity index (χ0n) is 12.4. The van der Waals surface area contributed by atoms with Crippen LogP contribution >= 0.6 is 0 Å². The van der Waals surface area contributed by atoms with E-state index in [-0.39, 0.29) is 0 Å². The van der Waals surface area contributed by atoms with Crippen molar-refractivity contribution in [3.8, 4) is 0 Å². The van der Waals surface area contributed by atoms with Crippen LogP contribution in [0.1, 0.15) is 47.8 Å². The maximum atomic E-state index is 10.9. The van der Waals surface area contributed by atoms with Crippen molar-refractivity contribution in [2.24, 2.45) is 10.8 Å². The van der Waals surface area contributed by atoms with Crippen molar-refractivity contribution in [2.45, 2.75) is 40.9 Å². The van der Waals surface area contributed by atoms with Gasteiger partial charge in [-0.1, -0.05) is 34.5 Å². The van der Waals surface area contributed by atoms with Crippen molar-refractivity contribution in [3.63, 3.8) is 0 Å². The zero-order chi connectivity index (χ0) is 13.6. The molecule has 0 aliphatic carbocycles. The molecule has 0 aliphatic rings. The Balaban J connectivity index is 5.91. The number of hydrogen-bond acceptors (Lipinski definition) is 1. The van der Waals surface area contributed by atoms with Gasteiger partial charge >= 0.3 is 5.97 Å². The Morgan fingerprint density at radius 3 is 2.09 bits per heavy atom. The number of carbonyl (C=O) groups is 1. The first-order valence-electron chi connectivity index (χ1n) is 5.93. The summed E-state index contributed by atoms with van der Waals surface area (Å²) >= 11 is 0. The van der Waals surface area contributed by atoms with Gasteiger partial charge in [0.15, 0.2) is 0 Å². The summed E-state index contributed by atoms with van der Waals surface area (Å²) in [5.74, 6) is -1.75. The molecule has 1 atom stereocenters. The van der Waals surface area contributed by atoms with E-state index < -0.39 is 30.0 Å². The zero-order valence-corrected chi connectivity index (χ0v) is 7.36. The average Bonchev–Trinajstić information content (AvgIpc) is 1.97. The molecule has 0 bridgehead atoms. The van der Waals surface area contributed by atoms with E-state index in [0.717, 1.165) is 6.92 Å². The second kappa shape index (κ2) is 2.84. The molecule has 0 aromatic rings. The van der Waals surface area contributed by atoms with Crippen LogP contribution in [0.2, 0.25) is 0 Å². The van der Waals surface area contributed by atoms with Gasteiger partial charge < -0.3 is 5.11 Å². The summed E-state index contributed by atoms with van der Waals surface area (Å²) in [7, 11) is 0. The van der Waals surface area contributed by atoms with Crippen LogP contribution in [0.3, 0.4) is 0 Å². The largest absolute Gasteiger partial charge is 0.481 e. The van der Waals surface area contributed by atoms with Gasteiger partial charge in [-0.05, 0) is 10.8 Å². The average molecular weight is 163 g/mol. The SMILES string of the molecule is [2H]C([2H])([2H])C(C)(C(C)(C)C)C([2H])([2H])C(=O)O. The monoisotopic (exact) mass is 163 g/mol. The third-order valence-electron chi connectivity index (χ3n) is 1.86. The molecule has 0 rings (SSSR count). The van der Waals surface area contributed by atoms with Gasteiger partial charge in [0.25, 0.3) is 0 Å². The minimum Gasteiger partial charge on any atom is -0.481 e. The molecule has 11 heavy (non-hydrogen) atoms. The molecule has 66 valence electrons. The van der Waals surface area contributed by atoms with E-state index in [9.17, 15) is 4.79 Å². The molecule has 0 aliphatic heterocycles. The van der Waals surface area contributed by atoms with Gasteiger partial charge in [-0.3, -0.25) is 4.79 Å². The van der Waals surface area contributed by atoms with E-state index in [4.69, 9.17) is 12.0 Å². The quantitative estimate of drug-likeness (QED) is 0.679. The lowest BCUT2D eigenvalue weighted by Gasteiger charge is -2.37. The van der Waals surface area contributed by atoms with E-state index in [2.05, 4.69) is 0 Å². The molecule has 0 saturated heterocycles. The highest BCUT2D eigenvalue weighted by molar-refractivity contribution is 5.67. The molecule has 0 aromatic heterocycles. The standard InChI is InChI=1S/C9H18O2/c1-8(2,3)9(4,5)6-7(10)11/h6H2,1-5H3,(H,10,11)/i4D3,6D2. The molecule has 0 aromatic carbocycles. The van der Waals surface area contributed by atoms with Crippen LogP contribution in [0.5, 0.6) is 0 Å². The molecule has 1 N–H and O–H groups in total. The van der Waals surface area contributed by atoms with Crippen LogP contribution in [-0.4, -0.2) is 11.1 Å². The highest BCUT2D eigenvalue weighted by Gasteiger charge is 2.34. The van der Waals surface area contributed by atoms with Crippen molar-refractivity contribution in [2.75, 3.05) is 0 Å². The third kappa shape index (κ3) is 2.91. The van der Waals surface area contributed by atoms with Gasteiger partial charge in [0.05, 0.1) is 6.37 Å². The van der Waals surface area contributed by atoms with Gasteiger partial charge in [0.2, 0.25) is 0 Å². The molecule has 0 saturated carbocycles. The van der Waals surface area contributed by atoms with E-state index in [1.54, 1.807) is 0 Å². The van der Waals surface area contributed by atoms with Crippen molar-refractivity contribution >= 4 is 5.97 Å². The van der Waals surface area contributed by atoms with E-state index >= 15 is 0 Å². The number of rotatable bonds is 2. The van der Waals surface area contributed by atoms with E-state index in [1.165, 1.54) is 20.8 Å². The lowest BCUT2D eigenvalue weighted by molar-refractivity contribution is -0.141. The first kappa shape index (κ1) is 4.48. The molecular weight excluding hydrogens is 140 g/mol. The first-order chi connectivity index (χ1) is 6.69. The lowest BCUT2D eigenvalue weighted by atomic mass is 9.67. The van der Waals surface area contributed by atoms with Gasteiger partial charge in [-0.2, -0.15) is 0 Å². The number of hydrogen-bond donors (Lipinski definition) is 1. The highest BCUT2D eigenvalue weighted by atomic mass is 16.4. The molecule has 0 amide bonds. The molecule has 2 heteroatoms. The van der Waals surface area contributed by atoms with Gasteiger partial charge in [0.1, 0.15) is 0 Å². The van der Waals surface area contributed by atoms with Gasteiger partial charge in [0, 0.05) is 6.85 Å². The fourth-order valence-corrected chi connectivity index (χ4v) is 0.401. The Morgan fingerprint density at radius 2 is 2.00 bits per heavy atom. The fourth-order valence-electron chi connectivity index (χ4n) is 0.401. The van der Waals surface area contributed by atoms with Crippen LogP contribution in [0.15, 0.2) is 0 Å². The summed E-state index contributed by atoms with van der Waals surface area (Å²) in [6.45, 7) is 3.04. The lowest BCUT2D eigenvalue weighted by Crippen LogP contribution is -2.31. The minimum absolute atomic E-state index is 1.01. The summed E-state index contributed by atoms with van der Waals surface area (Å²) in [5, 5.41) is 8.88.